The summed E-state index contributed by atoms with van der Waals surface area (Å²) in [7, 11) is 0. The van der Waals surface area contributed by atoms with Gasteiger partial charge in [0.2, 0.25) is 11.8 Å². The molecule has 0 aromatic heterocycles. The van der Waals surface area contributed by atoms with Crippen LogP contribution in [0, 0.1) is 17.8 Å². The Labute approximate surface area is 281 Å². The molecular formula is C41H40N2O5. The van der Waals surface area contributed by atoms with Crippen LogP contribution in [-0.4, -0.2) is 36.2 Å². The van der Waals surface area contributed by atoms with Gasteiger partial charge >= 0.3 is 0 Å². The number of phenolic OH excluding ortho intramolecular Hbond substituents is 1. The summed E-state index contributed by atoms with van der Waals surface area (Å²) in [4.78, 5) is 29.6. The number of imide groups is 1. The molecule has 0 radical (unpaired) electrons. The standard InChI is InChI=1S/C41H40N2O5/c1-2-27(23-28-11-9-10-16-36(28)44)17-22-37-38-29(25-47-33-14-7-4-8-15-33)24-34-39(35(38)26-48-37)41(46)43(40(34)45)32-20-18-31(19-21-32)42-30-12-5-3-6-13-30/h3-16,18-21,23,34-35,37,39,42,44H,2,17,22,24-26H2,1H3/b27-23+/t34-,35+,37-,39-/m1/s1. The highest BCUT2D eigenvalue weighted by molar-refractivity contribution is 6.22. The van der Waals surface area contributed by atoms with Crippen LogP contribution >= 0.6 is 0 Å². The predicted octanol–water partition coefficient (Wildman–Crippen LogP) is 8.31. The van der Waals surface area contributed by atoms with E-state index < -0.39 is 11.8 Å². The van der Waals surface area contributed by atoms with Crippen molar-refractivity contribution in [2.24, 2.45) is 17.8 Å². The highest BCUT2D eigenvalue weighted by atomic mass is 16.5. The number of hydrogen-bond donors (Lipinski definition) is 2. The van der Waals surface area contributed by atoms with Gasteiger partial charge in [0.25, 0.3) is 0 Å². The van der Waals surface area contributed by atoms with Crippen molar-refractivity contribution in [3.63, 3.8) is 0 Å². The predicted molar refractivity (Wildman–Crippen MR) is 188 cm³/mol. The van der Waals surface area contributed by atoms with E-state index in [9.17, 15) is 14.7 Å². The number of fused-ring (bicyclic) bond motifs is 3. The zero-order valence-corrected chi connectivity index (χ0v) is 27.0. The van der Waals surface area contributed by atoms with Crippen LogP contribution in [0.2, 0.25) is 0 Å². The fraction of sp³-hybridized carbons (Fsp3) is 0.268. The Morgan fingerprint density at radius 1 is 0.875 bits per heavy atom. The van der Waals surface area contributed by atoms with E-state index in [1.807, 2.05) is 103 Å². The molecule has 4 atom stereocenters. The van der Waals surface area contributed by atoms with E-state index in [1.54, 1.807) is 6.07 Å². The fourth-order valence-electron chi connectivity index (χ4n) is 7.43. The molecule has 4 aromatic carbocycles. The highest BCUT2D eigenvalue weighted by Crippen LogP contribution is 2.50. The van der Waals surface area contributed by atoms with E-state index in [1.165, 1.54) is 10.5 Å². The molecule has 0 bridgehead atoms. The number of para-hydroxylation sites is 3. The van der Waals surface area contributed by atoms with Crippen molar-refractivity contribution in [3.8, 4) is 11.5 Å². The number of anilines is 3. The lowest BCUT2D eigenvalue weighted by molar-refractivity contribution is -0.122. The van der Waals surface area contributed by atoms with E-state index in [-0.39, 0.29) is 29.6 Å². The van der Waals surface area contributed by atoms with Gasteiger partial charge in [0.15, 0.2) is 0 Å². The van der Waals surface area contributed by atoms with Crippen molar-refractivity contribution in [1.29, 1.82) is 0 Å². The second-order valence-corrected chi connectivity index (χ2v) is 12.7. The fourth-order valence-corrected chi connectivity index (χ4v) is 7.43. The average molecular weight is 641 g/mol. The van der Waals surface area contributed by atoms with Crippen LogP contribution in [-0.2, 0) is 14.3 Å². The Kier molecular flexibility index (Phi) is 9.12. The molecule has 7 nitrogen and oxygen atoms in total. The van der Waals surface area contributed by atoms with Crippen molar-refractivity contribution >= 4 is 35.0 Å². The van der Waals surface area contributed by atoms with Crippen molar-refractivity contribution in [2.75, 3.05) is 23.4 Å². The smallest absolute Gasteiger partial charge is 0.238 e. The number of nitrogens with zero attached hydrogens (tertiary/aromatic N) is 1. The summed E-state index contributed by atoms with van der Waals surface area (Å²) in [6.45, 7) is 2.86. The summed E-state index contributed by atoms with van der Waals surface area (Å²) < 4.78 is 12.7. The van der Waals surface area contributed by atoms with E-state index >= 15 is 0 Å². The number of rotatable bonds is 11. The molecule has 4 aromatic rings. The topological polar surface area (TPSA) is 88.1 Å². The maximum Gasteiger partial charge on any atom is 0.238 e. The maximum atomic E-state index is 14.2. The van der Waals surface area contributed by atoms with Gasteiger partial charge in [0.1, 0.15) is 18.1 Å². The SMILES string of the molecule is CC/C(=C\c1ccccc1O)CC[C@H]1OC[C@H]2C1=C(COc1ccccc1)C[C@H]1C(=O)N(c3ccc(Nc4ccccc4)cc3)C(=O)[C@H]12. The van der Waals surface area contributed by atoms with Gasteiger partial charge in [-0.25, -0.2) is 0 Å². The molecule has 244 valence electrons. The number of hydrogen-bond acceptors (Lipinski definition) is 6. The molecule has 7 heteroatoms. The van der Waals surface area contributed by atoms with Gasteiger partial charge in [-0.05, 0) is 91.4 Å². The molecule has 48 heavy (non-hydrogen) atoms. The summed E-state index contributed by atoms with van der Waals surface area (Å²) in [5.41, 5.74) is 6.61. The molecular weight excluding hydrogens is 600 g/mol. The van der Waals surface area contributed by atoms with Crippen LogP contribution in [0.1, 0.15) is 38.2 Å². The Morgan fingerprint density at radius 3 is 2.29 bits per heavy atom. The van der Waals surface area contributed by atoms with Gasteiger partial charge in [-0.3, -0.25) is 14.5 Å². The third kappa shape index (κ3) is 6.38. The molecule has 2 N–H and O–H groups in total. The third-order valence-electron chi connectivity index (χ3n) is 9.83. The number of carbonyl (C=O) groups is 2. The van der Waals surface area contributed by atoms with Gasteiger partial charge in [-0.15, -0.1) is 0 Å². The number of carbonyl (C=O) groups excluding carboxylic acids is 2. The summed E-state index contributed by atoms with van der Waals surface area (Å²) >= 11 is 0. The summed E-state index contributed by atoms with van der Waals surface area (Å²) in [5.74, 6) is -0.406. The zero-order valence-electron chi connectivity index (χ0n) is 27.0. The van der Waals surface area contributed by atoms with Gasteiger partial charge in [0, 0.05) is 22.9 Å². The van der Waals surface area contributed by atoms with Crippen molar-refractivity contribution in [1.82, 2.24) is 0 Å². The van der Waals surface area contributed by atoms with E-state index in [4.69, 9.17) is 9.47 Å². The average Bonchev–Trinajstić information content (AvgIpc) is 3.65. The summed E-state index contributed by atoms with van der Waals surface area (Å²) in [6, 6.07) is 34.4. The lowest BCUT2D eigenvalue weighted by atomic mass is 9.69. The monoisotopic (exact) mass is 640 g/mol. The number of benzene rings is 4. The van der Waals surface area contributed by atoms with Crippen molar-refractivity contribution < 1.29 is 24.2 Å². The number of allylic oxidation sites excluding steroid dienone is 1. The minimum atomic E-state index is -0.470. The van der Waals surface area contributed by atoms with Gasteiger partial charge < -0.3 is 19.9 Å². The molecule has 3 aliphatic rings. The molecule has 0 saturated carbocycles. The first kappa shape index (κ1) is 31.5. The van der Waals surface area contributed by atoms with Crippen LogP contribution in [0.4, 0.5) is 17.1 Å². The quantitative estimate of drug-likeness (QED) is 0.127. The first-order chi connectivity index (χ1) is 23.5. The molecule has 2 heterocycles. The van der Waals surface area contributed by atoms with Gasteiger partial charge in [-0.2, -0.15) is 0 Å². The largest absolute Gasteiger partial charge is 0.507 e. The molecule has 0 unspecified atom stereocenters. The maximum absolute atomic E-state index is 14.2. The minimum Gasteiger partial charge on any atom is -0.507 e. The summed E-state index contributed by atoms with van der Waals surface area (Å²) in [5, 5.41) is 13.7. The molecule has 2 saturated heterocycles. The lowest BCUT2D eigenvalue weighted by Gasteiger charge is -2.31. The minimum absolute atomic E-state index is 0.155. The van der Waals surface area contributed by atoms with Crippen LogP contribution in [0.3, 0.4) is 0 Å². The Balaban J connectivity index is 1.13. The first-order valence-corrected chi connectivity index (χ1v) is 16.8. The van der Waals surface area contributed by atoms with E-state index in [0.717, 1.165) is 53.1 Å². The molecule has 0 spiro atoms. The zero-order chi connectivity index (χ0) is 33.0. The second-order valence-electron chi connectivity index (χ2n) is 12.7. The second kappa shape index (κ2) is 13.9. The summed E-state index contributed by atoms with van der Waals surface area (Å²) in [6.07, 6.45) is 4.73. The van der Waals surface area contributed by atoms with E-state index in [0.29, 0.717) is 25.3 Å². The Morgan fingerprint density at radius 2 is 1.56 bits per heavy atom. The highest BCUT2D eigenvalue weighted by Gasteiger charge is 2.57. The molecule has 7 rings (SSSR count). The molecule has 2 amide bonds. The number of nitrogens with one attached hydrogen (secondary N) is 1. The number of aromatic hydroxyl groups is 1. The molecule has 2 fully saturated rings. The van der Waals surface area contributed by atoms with Crippen LogP contribution < -0.4 is 15.0 Å². The third-order valence-corrected chi connectivity index (χ3v) is 9.83. The number of phenols is 1. The van der Waals surface area contributed by atoms with Gasteiger partial charge in [0.05, 0.1) is 30.2 Å². The number of amides is 2. The van der Waals surface area contributed by atoms with Crippen LogP contribution in [0.25, 0.3) is 6.08 Å². The normalized spacial score (nSPS) is 22.1. The van der Waals surface area contributed by atoms with Crippen LogP contribution in [0.15, 0.2) is 126 Å². The van der Waals surface area contributed by atoms with Crippen molar-refractivity contribution in [3.05, 3.63) is 131 Å². The van der Waals surface area contributed by atoms with Gasteiger partial charge in [-0.1, -0.05) is 73.2 Å². The Hall–Kier alpha value is -5.14. The van der Waals surface area contributed by atoms with E-state index in [2.05, 4.69) is 18.3 Å². The lowest BCUT2D eigenvalue weighted by Crippen LogP contribution is -2.35. The molecule has 1 aliphatic carbocycles. The first-order valence-electron chi connectivity index (χ1n) is 16.8. The van der Waals surface area contributed by atoms with Crippen LogP contribution in [0.5, 0.6) is 11.5 Å². The molecule has 2 aliphatic heterocycles. The number of ether oxygens (including phenoxy) is 2. The van der Waals surface area contributed by atoms with Crippen molar-refractivity contribution in [2.45, 2.75) is 38.7 Å². The Bertz CT molecular complexity index is 1830.